The summed E-state index contributed by atoms with van der Waals surface area (Å²) in [5.74, 6) is -1.71. The normalized spacial score (nSPS) is 23.0. The number of carbonyl (C=O) groups is 3. The molecule has 0 spiro atoms. The average Bonchev–Trinajstić information content (AvgIpc) is 3.42. The van der Waals surface area contributed by atoms with Crippen LogP contribution in [0.1, 0.15) is 18.5 Å². The van der Waals surface area contributed by atoms with E-state index in [-0.39, 0.29) is 22.2 Å². The van der Waals surface area contributed by atoms with Crippen LogP contribution in [0.5, 0.6) is 0 Å². The van der Waals surface area contributed by atoms with Crippen LogP contribution < -0.4 is 11.1 Å². The van der Waals surface area contributed by atoms with Crippen molar-refractivity contribution in [2.75, 3.05) is 45.3 Å². The molecule has 2 amide bonds. The standard InChI is InChI=1S/C19H24N6O5S2.H2O4S/c1-25(5-3-4-6-25)7-10-8-31-17-13(16(27)24(17)14(10)18(28)29)22-15(26)12(23-30-2)11-9-32-19(20)21-11;1-5(2,3)4/h9,13,17H,3-8H2,1-2H3,(H3-,20,21,22,26,28,29);(H2,1,2,3,4)/b23-12-;/t13?,17-;/m1./s1. The number of carboxylic acid groups (broad SMARTS) is 1. The third kappa shape index (κ3) is 6.96. The topological polar surface area (TPSA) is 225 Å². The molecule has 4 rings (SSSR count). The molecule has 0 radical (unpaired) electrons. The van der Waals surface area contributed by atoms with Crippen molar-refractivity contribution in [2.45, 2.75) is 24.3 Å². The summed E-state index contributed by atoms with van der Waals surface area (Å²) in [6, 6.07) is -0.863. The van der Waals surface area contributed by atoms with Gasteiger partial charge in [0.25, 0.3) is 11.8 Å². The zero-order valence-corrected chi connectivity index (χ0v) is 22.3. The molecule has 2 saturated heterocycles. The molecule has 5 N–H and O–H groups in total. The summed E-state index contributed by atoms with van der Waals surface area (Å²) >= 11 is 2.61. The van der Waals surface area contributed by atoms with Gasteiger partial charge >= 0.3 is 5.97 Å². The highest BCUT2D eigenvalue weighted by Gasteiger charge is 2.55. The second-order valence-corrected chi connectivity index (χ2v) is 11.5. The average molecular weight is 579 g/mol. The number of hydrogen-bond donors (Lipinski definition) is 4. The van der Waals surface area contributed by atoms with E-state index in [4.69, 9.17) is 28.1 Å². The van der Waals surface area contributed by atoms with Crippen molar-refractivity contribution < 1.29 is 46.3 Å². The number of oxime groups is 1. The zero-order chi connectivity index (χ0) is 27.5. The maximum Gasteiger partial charge on any atom is 0.352 e. The number of likely N-dealkylation sites (tertiary alicyclic amines) is 1. The summed E-state index contributed by atoms with van der Waals surface area (Å²) < 4.78 is 33.6. The molecule has 0 aliphatic carbocycles. The lowest BCUT2D eigenvalue weighted by Gasteiger charge is -2.49. The number of hydrogen-bond acceptors (Lipinski definition) is 12. The van der Waals surface area contributed by atoms with Crippen LogP contribution in [0.2, 0.25) is 0 Å². The van der Waals surface area contributed by atoms with Crippen molar-refractivity contribution in [3.05, 3.63) is 22.3 Å². The number of nitrogens with zero attached hydrogens (tertiary/aromatic N) is 4. The van der Waals surface area contributed by atoms with E-state index in [0.717, 1.165) is 47.3 Å². The van der Waals surface area contributed by atoms with Crippen LogP contribution in [-0.4, -0.2) is 111 Å². The molecule has 2 atom stereocenters. The van der Waals surface area contributed by atoms with Crippen molar-refractivity contribution in [3.8, 4) is 0 Å². The lowest BCUT2D eigenvalue weighted by molar-refractivity contribution is -0.893. The number of thioether (sulfide) groups is 1. The van der Waals surface area contributed by atoms with E-state index in [1.807, 2.05) is 0 Å². The second kappa shape index (κ2) is 11.3. The number of likely N-dealkylation sites (N-methyl/N-ethyl adjacent to an activating group) is 1. The van der Waals surface area contributed by atoms with Crippen molar-refractivity contribution >= 4 is 62.1 Å². The van der Waals surface area contributed by atoms with Gasteiger partial charge in [-0.25, -0.2) is 18.2 Å². The molecule has 0 saturated carbocycles. The second-order valence-electron chi connectivity index (χ2n) is 8.67. The fourth-order valence-corrected chi connectivity index (χ4v) is 6.31. The fraction of sp³-hybridized carbons (Fsp3) is 0.526. The first-order valence-electron chi connectivity index (χ1n) is 10.8. The molecule has 15 nitrogen and oxygen atoms in total. The van der Waals surface area contributed by atoms with Crippen LogP contribution >= 0.6 is 23.1 Å². The number of anilines is 1. The van der Waals surface area contributed by atoms with Crippen molar-refractivity contribution in [2.24, 2.45) is 5.16 Å². The summed E-state index contributed by atoms with van der Waals surface area (Å²) in [7, 11) is -1.50. The Labute approximate surface area is 220 Å². The van der Waals surface area contributed by atoms with Gasteiger partial charge < -0.3 is 30.0 Å². The quantitative estimate of drug-likeness (QED) is 0.0768. The van der Waals surface area contributed by atoms with Crippen LogP contribution in [0.25, 0.3) is 0 Å². The Kier molecular flexibility index (Phi) is 8.81. The molecule has 0 bridgehead atoms. The molecule has 204 valence electrons. The number of carboxylic acids is 1. The summed E-state index contributed by atoms with van der Waals surface area (Å²) in [5.41, 5.74) is 6.59. The van der Waals surface area contributed by atoms with E-state index >= 15 is 0 Å². The Bertz CT molecular complexity index is 1230. The molecule has 0 aromatic carbocycles. The summed E-state index contributed by atoms with van der Waals surface area (Å²) in [4.78, 5) is 47.9. The van der Waals surface area contributed by atoms with E-state index in [9.17, 15) is 19.5 Å². The number of aromatic nitrogens is 1. The highest BCUT2D eigenvalue weighted by Crippen LogP contribution is 2.41. The third-order valence-electron chi connectivity index (χ3n) is 5.92. The number of quaternary nitrogens is 1. The molecular weight excluding hydrogens is 552 g/mol. The largest absolute Gasteiger partial charge is 0.726 e. The van der Waals surface area contributed by atoms with Crippen molar-refractivity contribution in [1.82, 2.24) is 15.2 Å². The monoisotopic (exact) mass is 578 g/mol. The molecule has 1 unspecified atom stereocenters. The number of β-lactam (4-membered cyclic amide) rings is 1. The van der Waals surface area contributed by atoms with Crippen molar-refractivity contribution in [3.63, 3.8) is 0 Å². The first-order chi connectivity index (χ1) is 17.2. The molecule has 3 aliphatic rings. The molecular formula is C19H26N6O9S3. The van der Waals surface area contributed by atoms with Crippen LogP contribution in [-0.2, 0) is 29.6 Å². The van der Waals surface area contributed by atoms with E-state index < -0.39 is 39.6 Å². The van der Waals surface area contributed by atoms with Gasteiger partial charge in [-0.2, -0.15) is 0 Å². The molecule has 3 aliphatic heterocycles. The Balaban J connectivity index is 0.000000695. The first kappa shape index (κ1) is 28.8. The summed E-state index contributed by atoms with van der Waals surface area (Å²) in [6.07, 6.45) is 2.24. The Morgan fingerprint density at radius 3 is 2.54 bits per heavy atom. The highest BCUT2D eigenvalue weighted by atomic mass is 32.3. The number of nitrogens with one attached hydrogen (secondary N) is 1. The van der Waals surface area contributed by atoms with Gasteiger partial charge in [-0.05, 0) is 0 Å². The highest BCUT2D eigenvalue weighted by molar-refractivity contribution is 8.00. The smallest absolute Gasteiger partial charge is 0.352 e. The molecule has 2 fully saturated rings. The van der Waals surface area contributed by atoms with E-state index in [2.05, 4.69) is 22.5 Å². The number of fused-ring (bicyclic) bond motifs is 1. The molecule has 18 heteroatoms. The maximum atomic E-state index is 12.9. The minimum absolute atomic E-state index is 0.0496. The Morgan fingerprint density at radius 1 is 1.41 bits per heavy atom. The predicted molar refractivity (Wildman–Crippen MR) is 132 cm³/mol. The molecule has 1 aromatic rings. The number of nitrogen functional groups attached to an aromatic ring is 1. The lowest BCUT2D eigenvalue weighted by atomic mass is 10.0. The number of carbonyl (C=O) groups excluding carboxylic acids is 2. The van der Waals surface area contributed by atoms with Crippen LogP contribution in [0.15, 0.2) is 21.8 Å². The maximum absolute atomic E-state index is 12.9. The van der Waals surface area contributed by atoms with Crippen molar-refractivity contribution in [1.29, 1.82) is 0 Å². The fourth-order valence-electron chi connectivity index (χ4n) is 4.42. The molecule has 4 heterocycles. The van der Waals surface area contributed by atoms with E-state index in [1.165, 1.54) is 23.8 Å². The van der Waals surface area contributed by atoms with Gasteiger partial charge in [0.2, 0.25) is 10.4 Å². The predicted octanol–water partition coefficient (Wildman–Crippen LogP) is -0.941. The Hall–Kier alpha value is -2.77. The number of nitrogens with two attached hydrogens (primary N) is 1. The molecule has 1 aromatic heterocycles. The van der Waals surface area contributed by atoms with Gasteiger partial charge in [0, 0.05) is 29.5 Å². The van der Waals surface area contributed by atoms with Gasteiger partial charge in [0.1, 0.15) is 36.5 Å². The van der Waals surface area contributed by atoms with Gasteiger partial charge in [-0.15, -0.1) is 23.1 Å². The van der Waals surface area contributed by atoms with Crippen LogP contribution in [0.4, 0.5) is 5.13 Å². The first-order valence-corrected chi connectivity index (χ1v) is 14.1. The lowest BCUT2D eigenvalue weighted by Crippen LogP contribution is -2.71. The number of rotatable bonds is 7. The number of amides is 2. The van der Waals surface area contributed by atoms with Crippen LogP contribution in [0, 0.1) is 0 Å². The minimum atomic E-state index is -4.92. The van der Waals surface area contributed by atoms with Crippen LogP contribution in [0.3, 0.4) is 0 Å². The number of thiazole rings is 1. The Morgan fingerprint density at radius 2 is 2.03 bits per heavy atom. The third-order valence-corrected chi connectivity index (χ3v) is 7.93. The molecule has 37 heavy (non-hydrogen) atoms. The SMILES string of the molecule is CO/N=C(\C(=O)NC1C(=O)N2C(C(=O)O)=C(C[N+]3(C)CCCC3)CS[C@H]12)c1csc(N)n1.O=S(=O)([O-])O. The number of aliphatic carboxylic acids is 1. The van der Waals surface area contributed by atoms with E-state index in [0.29, 0.717) is 12.3 Å². The van der Waals surface area contributed by atoms with Gasteiger partial charge in [0.15, 0.2) is 10.8 Å². The summed E-state index contributed by atoms with van der Waals surface area (Å²) in [6.45, 7) is 2.61. The van der Waals surface area contributed by atoms with Gasteiger partial charge in [-0.3, -0.25) is 19.0 Å². The minimum Gasteiger partial charge on any atom is -0.726 e. The zero-order valence-electron chi connectivity index (χ0n) is 19.8. The summed E-state index contributed by atoms with van der Waals surface area (Å²) in [5, 5.41) is 17.6. The van der Waals surface area contributed by atoms with Gasteiger partial charge in [-0.1, -0.05) is 5.16 Å². The van der Waals surface area contributed by atoms with Gasteiger partial charge in [0.05, 0.1) is 20.1 Å². The van der Waals surface area contributed by atoms with E-state index in [1.54, 1.807) is 5.38 Å².